The Morgan fingerprint density at radius 1 is 1.22 bits per heavy atom. The van der Waals surface area contributed by atoms with Gasteiger partial charge < -0.3 is 4.52 Å². The molecule has 1 saturated heterocycles. The van der Waals surface area contributed by atoms with Crippen molar-refractivity contribution in [3.05, 3.63) is 17.5 Å². The molecule has 4 nitrogen and oxygen atoms in total. The fraction of sp³-hybridized carbons (Fsp3) is 0.786. The molecule has 0 spiro atoms. The molecule has 1 aliphatic rings. The summed E-state index contributed by atoms with van der Waals surface area (Å²) in [6.07, 6.45) is 4.31. The molecular formula is C14H25N3O. The maximum Gasteiger partial charge on any atom is 0.128 e. The minimum absolute atomic E-state index is 0.768. The van der Waals surface area contributed by atoms with Gasteiger partial charge in [-0.25, -0.2) is 0 Å². The average Bonchev–Trinajstić information content (AvgIpc) is 2.79. The van der Waals surface area contributed by atoms with Crippen LogP contribution in [0, 0.1) is 6.92 Å². The van der Waals surface area contributed by atoms with Gasteiger partial charge in [0.05, 0.1) is 5.69 Å². The molecule has 0 N–H and O–H groups in total. The van der Waals surface area contributed by atoms with Crippen LogP contribution in [-0.2, 0) is 6.54 Å². The summed E-state index contributed by atoms with van der Waals surface area (Å²) in [4.78, 5) is 5.13. The molecule has 0 saturated carbocycles. The van der Waals surface area contributed by atoms with Crippen molar-refractivity contribution in [2.45, 2.75) is 46.2 Å². The molecule has 0 aromatic carbocycles. The van der Waals surface area contributed by atoms with E-state index in [1.165, 1.54) is 31.5 Å². The van der Waals surface area contributed by atoms with E-state index in [-0.39, 0.29) is 0 Å². The van der Waals surface area contributed by atoms with E-state index in [0.717, 1.165) is 31.4 Å². The van der Waals surface area contributed by atoms with Gasteiger partial charge in [-0.2, -0.15) is 0 Å². The van der Waals surface area contributed by atoms with E-state index in [4.69, 9.17) is 4.52 Å². The average molecular weight is 251 g/mol. The highest BCUT2D eigenvalue weighted by Gasteiger charge is 2.22. The molecule has 18 heavy (non-hydrogen) atoms. The Labute approximate surface area is 110 Å². The molecular weight excluding hydrogens is 226 g/mol. The van der Waals surface area contributed by atoms with Crippen LogP contribution in [0.1, 0.15) is 37.9 Å². The molecule has 102 valence electrons. The molecule has 0 amide bonds. The highest BCUT2D eigenvalue weighted by atomic mass is 16.5. The van der Waals surface area contributed by atoms with Gasteiger partial charge in [0.1, 0.15) is 6.26 Å². The second-order valence-electron chi connectivity index (χ2n) is 5.21. The number of aryl methyl sites for hydroxylation is 1. The van der Waals surface area contributed by atoms with E-state index in [9.17, 15) is 0 Å². The zero-order valence-electron chi connectivity index (χ0n) is 11.9. The van der Waals surface area contributed by atoms with Crippen LogP contribution >= 0.6 is 0 Å². The van der Waals surface area contributed by atoms with Crippen LogP contribution in [0.5, 0.6) is 0 Å². The molecule has 0 atom stereocenters. The number of aromatic nitrogens is 1. The summed E-state index contributed by atoms with van der Waals surface area (Å²) in [5.74, 6) is 0. The van der Waals surface area contributed by atoms with Crippen molar-refractivity contribution in [1.29, 1.82) is 0 Å². The summed E-state index contributed by atoms with van der Waals surface area (Å²) >= 11 is 0. The lowest BCUT2D eigenvalue weighted by atomic mass is 10.1. The van der Waals surface area contributed by atoms with Crippen molar-refractivity contribution in [3.8, 4) is 0 Å². The Morgan fingerprint density at radius 2 is 1.89 bits per heavy atom. The Balaban J connectivity index is 1.82. The molecule has 0 aliphatic carbocycles. The number of nitrogens with zero attached hydrogens (tertiary/aromatic N) is 3. The molecule has 1 fully saturated rings. The van der Waals surface area contributed by atoms with Gasteiger partial charge in [-0.15, -0.1) is 0 Å². The van der Waals surface area contributed by atoms with Gasteiger partial charge in [0.2, 0.25) is 0 Å². The first-order valence-electron chi connectivity index (χ1n) is 7.10. The van der Waals surface area contributed by atoms with Crippen molar-refractivity contribution in [2.24, 2.45) is 0 Å². The Hall–Kier alpha value is -0.870. The highest BCUT2D eigenvalue weighted by molar-refractivity contribution is 5.12. The zero-order chi connectivity index (χ0) is 13.0. The highest BCUT2D eigenvalue weighted by Crippen LogP contribution is 2.15. The van der Waals surface area contributed by atoms with E-state index in [0.29, 0.717) is 0 Å². The molecule has 1 aromatic heterocycles. The molecule has 4 heteroatoms. The monoisotopic (exact) mass is 251 g/mol. The van der Waals surface area contributed by atoms with Crippen LogP contribution in [0.4, 0.5) is 0 Å². The van der Waals surface area contributed by atoms with E-state index in [1.54, 1.807) is 6.26 Å². The zero-order valence-corrected chi connectivity index (χ0v) is 11.9. The molecule has 1 aromatic rings. The third kappa shape index (κ3) is 3.12. The largest absolute Gasteiger partial charge is 0.364 e. The fourth-order valence-electron chi connectivity index (χ4n) is 2.80. The molecule has 0 radical (unpaired) electrons. The van der Waals surface area contributed by atoms with Crippen LogP contribution in [-0.4, -0.2) is 47.2 Å². The first kappa shape index (κ1) is 13.6. The maximum atomic E-state index is 4.99. The lowest BCUT2D eigenvalue weighted by molar-refractivity contribution is 0.0879. The number of rotatable bonds is 5. The number of hydrogen-bond donors (Lipinski definition) is 0. The van der Waals surface area contributed by atoms with Crippen molar-refractivity contribution in [3.63, 3.8) is 0 Å². The first-order valence-corrected chi connectivity index (χ1v) is 7.10. The lowest BCUT2D eigenvalue weighted by Gasteiger charge is -2.38. The van der Waals surface area contributed by atoms with Gasteiger partial charge in [0.15, 0.2) is 0 Å². The molecule has 0 bridgehead atoms. The Kier molecular flexibility index (Phi) is 4.78. The second kappa shape index (κ2) is 6.34. The number of piperazine rings is 1. The van der Waals surface area contributed by atoms with Crippen molar-refractivity contribution < 1.29 is 4.52 Å². The predicted octanol–water partition coefficient (Wildman–Crippen LogP) is 2.29. The molecule has 1 aliphatic heterocycles. The first-order chi connectivity index (χ1) is 8.74. The summed E-state index contributed by atoms with van der Waals surface area (Å²) in [6, 6.07) is 0.768. The third-order valence-electron chi connectivity index (χ3n) is 4.11. The Bertz CT molecular complexity index is 352. The fourth-order valence-corrected chi connectivity index (χ4v) is 2.80. The van der Waals surface area contributed by atoms with Gasteiger partial charge >= 0.3 is 0 Å². The standard InChI is InChI=1S/C14H25N3O/c1-4-14(5-2)17-8-6-16(7-9-17)10-13-11-18-15-12(13)3/h11,14H,4-10H2,1-3H3. The second-order valence-corrected chi connectivity index (χ2v) is 5.21. The van der Waals surface area contributed by atoms with Crippen LogP contribution in [0.3, 0.4) is 0 Å². The summed E-state index contributed by atoms with van der Waals surface area (Å²) in [5, 5.41) is 3.94. The minimum atomic E-state index is 0.768. The summed E-state index contributed by atoms with van der Waals surface area (Å²) < 4.78 is 4.99. The predicted molar refractivity (Wildman–Crippen MR) is 72.5 cm³/mol. The van der Waals surface area contributed by atoms with Crippen LogP contribution in [0.25, 0.3) is 0 Å². The maximum absolute atomic E-state index is 4.99. The summed E-state index contributed by atoms with van der Waals surface area (Å²) in [6.45, 7) is 12.3. The SMILES string of the molecule is CCC(CC)N1CCN(Cc2conc2C)CC1. The van der Waals surface area contributed by atoms with E-state index >= 15 is 0 Å². The van der Waals surface area contributed by atoms with Gasteiger partial charge in [0.25, 0.3) is 0 Å². The van der Waals surface area contributed by atoms with Crippen LogP contribution < -0.4 is 0 Å². The van der Waals surface area contributed by atoms with Crippen molar-refractivity contribution in [1.82, 2.24) is 15.0 Å². The van der Waals surface area contributed by atoms with Gasteiger partial charge in [0, 0.05) is 44.3 Å². The minimum Gasteiger partial charge on any atom is -0.364 e. The topological polar surface area (TPSA) is 32.5 Å². The third-order valence-corrected chi connectivity index (χ3v) is 4.11. The van der Waals surface area contributed by atoms with Crippen molar-refractivity contribution in [2.75, 3.05) is 26.2 Å². The molecule has 2 rings (SSSR count). The van der Waals surface area contributed by atoms with Crippen molar-refractivity contribution >= 4 is 0 Å². The van der Waals surface area contributed by atoms with Gasteiger partial charge in [-0.05, 0) is 19.8 Å². The molecule has 0 unspecified atom stereocenters. The lowest BCUT2D eigenvalue weighted by Crippen LogP contribution is -2.49. The van der Waals surface area contributed by atoms with Gasteiger partial charge in [-0.1, -0.05) is 19.0 Å². The quantitative estimate of drug-likeness (QED) is 0.804. The van der Waals surface area contributed by atoms with Crippen LogP contribution in [0.15, 0.2) is 10.8 Å². The van der Waals surface area contributed by atoms with E-state index < -0.39 is 0 Å². The van der Waals surface area contributed by atoms with E-state index in [1.807, 2.05) is 6.92 Å². The summed E-state index contributed by atoms with van der Waals surface area (Å²) in [7, 11) is 0. The Morgan fingerprint density at radius 3 is 2.39 bits per heavy atom. The van der Waals surface area contributed by atoms with Crippen LogP contribution in [0.2, 0.25) is 0 Å². The van der Waals surface area contributed by atoms with Gasteiger partial charge in [-0.3, -0.25) is 9.80 Å². The van der Waals surface area contributed by atoms with E-state index in [2.05, 4.69) is 28.8 Å². The molecule has 2 heterocycles. The number of hydrogen-bond acceptors (Lipinski definition) is 4. The summed E-state index contributed by atoms with van der Waals surface area (Å²) in [5.41, 5.74) is 2.25. The normalized spacial score (nSPS) is 18.7. The smallest absolute Gasteiger partial charge is 0.128 e.